The van der Waals surface area contributed by atoms with Crippen molar-refractivity contribution < 1.29 is 0 Å². The summed E-state index contributed by atoms with van der Waals surface area (Å²) in [5.41, 5.74) is 13.4. The lowest BCUT2D eigenvalue weighted by molar-refractivity contribution is 0.693. The van der Waals surface area contributed by atoms with Crippen LogP contribution in [0.15, 0.2) is 91.5 Å². The second-order valence-electron chi connectivity index (χ2n) is 11.1. The Bertz CT molecular complexity index is 1700. The van der Waals surface area contributed by atoms with Gasteiger partial charge < -0.3 is 4.57 Å². The molecule has 35 heavy (non-hydrogen) atoms. The quantitative estimate of drug-likeness (QED) is 0.252. The summed E-state index contributed by atoms with van der Waals surface area (Å²) in [4.78, 5) is 0. The van der Waals surface area contributed by atoms with Crippen LogP contribution in [0.4, 0.5) is 0 Å². The van der Waals surface area contributed by atoms with Crippen LogP contribution in [0, 0.1) is 0 Å². The van der Waals surface area contributed by atoms with Gasteiger partial charge in [-0.25, -0.2) is 0 Å². The zero-order valence-electron chi connectivity index (χ0n) is 20.8. The number of hydrogen-bond acceptors (Lipinski definition) is 0. The van der Waals surface area contributed by atoms with Gasteiger partial charge in [-0.05, 0) is 63.2 Å². The molecule has 0 saturated heterocycles. The summed E-state index contributed by atoms with van der Waals surface area (Å²) in [5.74, 6) is 0. The van der Waals surface area contributed by atoms with E-state index in [1.165, 1.54) is 66.5 Å². The number of aromatic nitrogens is 1. The largest absolute Gasteiger partial charge is 0.309 e. The highest BCUT2D eigenvalue weighted by Crippen LogP contribution is 2.62. The van der Waals surface area contributed by atoms with E-state index in [0.717, 1.165) is 0 Å². The summed E-state index contributed by atoms with van der Waals surface area (Å²) in [5, 5.41) is 2.60. The Labute approximate surface area is 207 Å². The Balaban J connectivity index is 1.47. The van der Waals surface area contributed by atoms with E-state index in [2.05, 4.69) is 124 Å². The van der Waals surface area contributed by atoms with Crippen molar-refractivity contribution in [3.8, 4) is 5.69 Å². The molecule has 1 heteroatoms. The molecule has 0 unspecified atom stereocenters. The van der Waals surface area contributed by atoms with Gasteiger partial charge in [-0.1, -0.05) is 101 Å². The van der Waals surface area contributed by atoms with E-state index >= 15 is 0 Å². The van der Waals surface area contributed by atoms with Gasteiger partial charge in [0.15, 0.2) is 0 Å². The Morgan fingerprint density at radius 1 is 0.629 bits per heavy atom. The molecule has 0 saturated carbocycles. The van der Waals surface area contributed by atoms with Crippen molar-refractivity contribution in [1.82, 2.24) is 4.57 Å². The predicted molar refractivity (Wildman–Crippen MR) is 150 cm³/mol. The first-order chi connectivity index (χ1) is 16.8. The second-order valence-corrected chi connectivity index (χ2v) is 11.1. The van der Waals surface area contributed by atoms with E-state index in [4.69, 9.17) is 0 Å². The van der Waals surface area contributed by atoms with Crippen LogP contribution in [0.5, 0.6) is 0 Å². The van der Waals surface area contributed by atoms with Gasteiger partial charge in [0.2, 0.25) is 0 Å². The molecule has 0 spiro atoms. The summed E-state index contributed by atoms with van der Waals surface area (Å²) >= 11 is 0. The monoisotopic (exact) mass is 451 g/mol. The normalized spacial score (nSPS) is 17.0. The summed E-state index contributed by atoms with van der Waals surface area (Å²) in [6.45, 7) is 13.6. The van der Waals surface area contributed by atoms with Crippen LogP contribution in [0.25, 0.3) is 44.7 Å². The first-order valence-corrected chi connectivity index (χ1v) is 12.5. The minimum Gasteiger partial charge on any atom is -0.309 e. The van der Waals surface area contributed by atoms with Crippen molar-refractivity contribution in [2.24, 2.45) is 0 Å². The third-order valence-corrected chi connectivity index (χ3v) is 8.51. The summed E-state index contributed by atoms with van der Waals surface area (Å²) in [6.07, 6.45) is 1.96. The first-order valence-electron chi connectivity index (χ1n) is 12.5. The Morgan fingerprint density at radius 3 is 1.71 bits per heavy atom. The molecule has 1 nitrogen and oxygen atoms in total. The number of nitrogens with zero attached hydrogens (tertiary/aromatic N) is 1. The SMILES string of the molecule is C=Cc1ccc2c(c1)C(C)(C)C1=C2C(C)(C)c2cc(-n3c4ccccc4c4ccccc43)ccc21. The van der Waals surface area contributed by atoms with Crippen molar-refractivity contribution in [2.75, 3.05) is 0 Å². The summed E-state index contributed by atoms with van der Waals surface area (Å²) in [6, 6.07) is 31.5. The van der Waals surface area contributed by atoms with E-state index in [1.807, 2.05) is 6.08 Å². The fourth-order valence-corrected chi connectivity index (χ4v) is 6.87. The minimum atomic E-state index is -0.0718. The third kappa shape index (κ3) is 2.48. The van der Waals surface area contributed by atoms with Crippen molar-refractivity contribution in [3.63, 3.8) is 0 Å². The lowest BCUT2D eigenvalue weighted by Gasteiger charge is -2.28. The molecule has 7 rings (SSSR count). The van der Waals surface area contributed by atoms with Crippen molar-refractivity contribution >= 4 is 39.0 Å². The molecule has 0 amide bonds. The molecule has 0 N–H and O–H groups in total. The van der Waals surface area contributed by atoms with Crippen LogP contribution >= 0.6 is 0 Å². The van der Waals surface area contributed by atoms with E-state index in [9.17, 15) is 0 Å². The van der Waals surface area contributed by atoms with Crippen LogP contribution in [0.2, 0.25) is 0 Å². The number of allylic oxidation sites excluding steroid dienone is 2. The number of para-hydroxylation sites is 2. The average molecular weight is 452 g/mol. The van der Waals surface area contributed by atoms with Gasteiger partial charge in [0.05, 0.1) is 11.0 Å². The van der Waals surface area contributed by atoms with E-state index in [-0.39, 0.29) is 10.8 Å². The van der Waals surface area contributed by atoms with Crippen LogP contribution in [0.1, 0.15) is 55.5 Å². The Kier molecular flexibility index (Phi) is 3.89. The first kappa shape index (κ1) is 20.5. The van der Waals surface area contributed by atoms with Gasteiger partial charge in [-0.2, -0.15) is 0 Å². The minimum absolute atomic E-state index is 0.0411. The molecular formula is C34H29N. The van der Waals surface area contributed by atoms with Gasteiger partial charge in [-0.3, -0.25) is 0 Å². The number of hydrogen-bond donors (Lipinski definition) is 0. The number of benzene rings is 4. The van der Waals surface area contributed by atoms with E-state index in [0.29, 0.717) is 0 Å². The molecule has 2 aliphatic carbocycles. The molecule has 4 aromatic carbocycles. The average Bonchev–Trinajstić information content (AvgIpc) is 3.42. The van der Waals surface area contributed by atoms with E-state index in [1.54, 1.807) is 0 Å². The fourth-order valence-electron chi connectivity index (χ4n) is 6.87. The molecule has 0 aliphatic heterocycles. The molecule has 2 aliphatic rings. The van der Waals surface area contributed by atoms with Gasteiger partial charge >= 0.3 is 0 Å². The maximum absolute atomic E-state index is 4.00. The molecule has 1 heterocycles. The van der Waals surface area contributed by atoms with Crippen LogP contribution in [-0.2, 0) is 10.8 Å². The van der Waals surface area contributed by atoms with Gasteiger partial charge in [0, 0.05) is 27.3 Å². The fraction of sp³-hybridized carbons (Fsp3) is 0.176. The zero-order valence-corrected chi connectivity index (χ0v) is 20.8. The molecule has 1 aromatic heterocycles. The van der Waals surface area contributed by atoms with Crippen LogP contribution in [0.3, 0.4) is 0 Å². The van der Waals surface area contributed by atoms with E-state index < -0.39 is 0 Å². The highest BCUT2D eigenvalue weighted by atomic mass is 15.0. The van der Waals surface area contributed by atoms with Gasteiger partial charge in [0.25, 0.3) is 0 Å². The molecule has 170 valence electrons. The highest BCUT2D eigenvalue weighted by Gasteiger charge is 2.49. The molecule has 0 atom stereocenters. The van der Waals surface area contributed by atoms with Gasteiger partial charge in [0.1, 0.15) is 0 Å². The van der Waals surface area contributed by atoms with Crippen molar-refractivity contribution in [1.29, 1.82) is 0 Å². The molecule has 5 aromatic rings. The summed E-state index contributed by atoms with van der Waals surface area (Å²) < 4.78 is 2.43. The number of rotatable bonds is 2. The molecule has 0 radical (unpaired) electrons. The van der Waals surface area contributed by atoms with Crippen LogP contribution in [-0.4, -0.2) is 4.57 Å². The van der Waals surface area contributed by atoms with Crippen LogP contribution < -0.4 is 0 Å². The second kappa shape index (κ2) is 6.64. The third-order valence-electron chi connectivity index (χ3n) is 8.51. The predicted octanol–water partition coefficient (Wildman–Crippen LogP) is 8.92. The lowest BCUT2D eigenvalue weighted by atomic mass is 9.75. The van der Waals surface area contributed by atoms with Crippen molar-refractivity contribution in [3.05, 3.63) is 119 Å². The lowest BCUT2D eigenvalue weighted by Crippen LogP contribution is -2.19. The standard InChI is InChI=1S/C34H29N/c1-6-21-15-17-25-27(19-21)33(2,3)32-26-18-16-22(20-28(26)34(4,5)31(25)32)35-29-13-9-7-11-23(29)24-12-8-10-14-30(24)35/h6-20H,1H2,2-5H3. The highest BCUT2D eigenvalue weighted by molar-refractivity contribution is 6.11. The number of fused-ring (bicyclic) bond motifs is 7. The van der Waals surface area contributed by atoms with Gasteiger partial charge in [-0.15, -0.1) is 0 Å². The Hall–Kier alpha value is -3.84. The maximum Gasteiger partial charge on any atom is 0.0541 e. The smallest absolute Gasteiger partial charge is 0.0541 e. The summed E-state index contributed by atoms with van der Waals surface area (Å²) in [7, 11) is 0. The maximum atomic E-state index is 4.00. The Morgan fingerprint density at radius 2 is 1.14 bits per heavy atom. The zero-order chi connectivity index (χ0) is 24.1. The molecule has 0 fully saturated rings. The molecular weight excluding hydrogens is 422 g/mol. The topological polar surface area (TPSA) is 4.93 Å². The molecule has 0 bridgehead atoms. The van der Waals surface area contributed by atoms with Crippen molar-refractivity contribution in [2.45, 2.75) is 38.5 Å².